The first-order chi connectivity index (χ1) is 31.3. The quantitative estimate of drug-likeness (QED) is 0.0687. The van der Waals surface area contributed by atoms with Crippen LogP contribution in [0.3, 0.4) is 0 Å². The summed E-state index contributed by atoms with van der Waals surface area (Å²) in [5, 5.41) is 34.7. The van der Waals surface area contributed by atoms with Gasteiger partial charge >= 0.3 is 0 Å². The van der Waals surface area contributed by atoms with E-state index in [0.717, 1.165) is 37.9 Å². The molecule has 65 heavy (non-hydrogen) atoms. The van der Waals surface area contributed by atoms with Crippen molar-refractivity contribution in [1.82, 2.24) is 25.6 Å². The zero-order chi connectivity index (χ0) is 47.2. The Kier molecular flexibility index (Phi) is 28.7. The van der Waals surface area contributed by atoms with Crippen LogP contribution in [-0.4, -0.2) is 188 Å². The molecule has 3 rings (SSSR count). The van der Waals surface area contributed by atoms with Gasteiger partial charge in [0.2, 0.25) is 11.8 Å². The Bertz CT molecular complexity index is 1490. The highest BCUT2D eigenvalue weighted by atomic mass is 32.2. The number of nitrogens with zero attached hydrogens (tertiary/aromatic N) is 3. The van der Waals surface area contributed by atoms with Crippen LogP contribution >= 0.6 is 11.8 Å². The van der Waals surface area contributed by atoms with Crippen LogP contribution in [0.4, 0.5) is 0 Å². The highest BCUT2D eigenvalue weighted by molar-refractivity contribution is 8.00. The maximum Gasteiger partial charge on any atom is 0.220 e. The minimum atomic E-state index is -1.29. The lowest BCUT2D eigenvalue weighted by molar-refractivity contribution is -0.238. The van der Waals surface area contributed by atoms with Gasteiger partial charge < -0.3 is 63.5 Å². The molecule has 2 fully saturated rings. The van der Waals surface area contributed by atoms with Crippen LogP contribution in [0.25, 0.3) is 0 Å². The number of nitrogens with one attached hydrogen (secondary N) is 2. The second-order valence-electron chi connectivity index (χ2n) is 17.1. The van der Waals surface area contributed by atoms with E-state index in [-0.39, 0.29) is 54.6 Å². The van der Waals surface area contributed by atoms with Crippen molar-refractivity contribution in [3.05, 3.63) is 11.9 Å². The monoisotopic (exact) mass is 948 g/mol. The molecule has 2 aliphatic heterocycles. The van der Waals surface area contributed by atoms with E-state index in [1.165, 1.54) is 6.92 Å². The summed E-state index contributed by atoms with van der Waals surface area (Å²) in [5.41, 5.74) is -0.533. The first-order valence-electron chi connectivity index (χ1n) is 23.1. The first kappa shape index (κ1) is 56.7. The average Bonchev–Trinajstić information content (AvgIpc) is 3.89. The van der Waals surface area contributed by atoms with Gasteiger partial charge in [-0.3, -0.25) is 19.2 Å². The molecule has 1 aromatic rings. The molecule has 0 radical (unpaired) electrons. The topological polar surface area (TPSA) is 247 Å². The number of unbranched alkanes of at least 4 members (excludes halogenated alkanes) is 3. The molecule has 4 N–H and O–H groups in total. The third kappa shape index (κ3) is 25.3. The molecule has 0 unspecified atom stereocenters. The molecule has 0 aliphatic carbocycles. The lowest BCUT2D eigenvalue weighted by atomic mass is 9.88. The van der Waals surface area contributed by atoms with Crippen LogP contribution in [0.5, 0.6) is 0 Å². The summed E-state index contributed by atoms with van der Waals surface area (Å²) in [5.74, 6) is 0.937. The van der Waals surface area contributed by atoms with Crippen molar-refractivity contribution in [2.24, 2.45) is 0 Å². The number of fused-ring (bicyclic) bond motifs is 2. The SMILES string of the molecule is CC(=O)N[C@H]1[C@H]2OC[C@](COCCOCCOCCOCCn3cc(COCCNC(=O)CCCCCCC(=O)CCOCCOCCCC(=O)CCSC(C)(C)C)nn3)(O2)[C@H](O)[C@@H]1O. The molecule has 0 spiro atoms. The van der Waals surface area contributed by atoms with Crippen molar-refractivity contribution in [2.75, 3.05) is 105 Å². The number of ketones is 2. The number of aromatic nitrogens is 3. The minimum Gasteiger partial charge on any atom is -0.388 e. The van der Waals surface area contributed by atoms with Gasteiger partial charge in [-0.15, -0.1) is 5.10 Å². The summed E-state index contributed by atoms with van der Waals surface area (Å²) in [7, 11) is 0. The van der Waals surface area contributed by atoms with Crippen molar-refractivity contribution in [1.29, 1.82) is 0 Å². The molecule has 21 heteroatoms. The molecule has 1 aromatic heterocycles. The van der Waals surface area contributed by atoms with Crippen molar-refractivity contribution >= 4 is 35.1 Å². The fraction of sp³-hybridized carbons (Fsp3) is 0.864. The third-order valence-electron chi connectivity index (χ3n) is 10.2. The molecule has 2 bridgehead atoms. The zero-order valence-electron chi connectivity index (χ0n) is 39.1. The summed E-state index contributed by atoms with van der Waals surface area (Å²) >= 11 is 1.81. The van der Waals surface area contributed by atoms with Crippen LogP contribution < -0.4 is 10.6 Å². The number of aliphatic hydroxyl groups excluding tert-OH is 2. The number of Topliss-reactive ketones (excluding diaryl/α,β-unsaturated/α-hetero) is 2. The Morgan fingerprint density at radius 1 is 0.769 bits per heavy atom. The molecule has 2 aliphatic rings. The molecule has 3 heterocycles. The van der Waals surface area contributed by atoms with Crippen molar-refractivity contribution in [3.8, 4) is 0 Å². The molecule has 0 saturated carbocycles. The van der Waals surface area contributed by atoms with Crippen molar-refractivity contribution in [3.63, 3.8) is 0 Å². The van der Waals surface area contributed by atoms with E-state index in [1.807, 2.05) is 11.8 Å². The fourth-order valence-corrected chi connectivity index (χ4v) is 7.68. The van der Waals surface area contributed by atoms with E-state index >= 15 is 0 Å². The van der Waals surface area contributed by atoms with E-state index in [0.29, 0.717) is 124 Å². The Hall–Kier alpha value is -2.67. The zero-order valence-corrected chi connectivity index (χ0v) is 40.0. The second-order valence-corrected chi connectivity index (χ2v) is 19.0. The molecular weight excluding hydrogens is 871 g/mol. The lowest BCUT2D eigenvalue weighted by Gasteiger charge is -2.42. The largest absolute Gasteiger partial charge is 0.388 e. The number of amides is 2. The number of rotatable bonds is 40. The predicted octanol–water partition coefficient (Wildman–Crippen LogP) is 1.93. The smallest absolute Gasteiger partial charge is 0.220 e. The van der Waals surface area contributed by atoms with Crippen LogP contribution in [0.2, 0.25) is 0 Å². The summed E-state index contributed by atoms with van der Waals surface area (Å²) in [6.07, 6.45) is 4.96. The summed E-state index contributed by atoms with van der Waals surface area (Å²) < 4.78 is 52.2. The van der Waals surface area contributed by atoms with Gasteiger partial charge in [-0.05, 0) is 19.3 Å². The van der Waals surface area contributed by atoms with Gasteiger partial charge in [-0.2, -0.15) is 11.8 Å². The van der Waals surface area contributed by atoms with E-state index in [9.17, 15) is 29.4 Å². The van der Waals surface area contributed by atoms with Crippen LogP contribution in [-0.2, 0) is 75.0 Å². The summed E-state index contributed by atoms with van der Waals surface area (Å²) in [6, 6.07) is -0.862. The highest BCUT2D eigenvalue weighted by Crippen LogP contribution is 2.37. The molecule has 20 nitrogen and oxygen atoms in total. The molecule has 2 amide bonds. The number of aliphatic hydroxyl groups is 2. The predicted molar refractivity (Wildman–Crippen MR) is 239 cm³/mol. The van der Waals surface area contributed by atoms with E-state index < -0.39 is 30.1 Å². The third-order valence-corrected chi connectivity index (χ3v) is 11.5. The van der Waals surface area contributed by atoms with Crippen molar-refractivity contribution in [2.45, 2.75) is 140 Å². The Morgan fingerprint density at radius 3 is 2.08 bits per heavy atom. The van der Waals surface area contributed by atoms with Crippen LogP contribution in [0.1, 0.15) is 97.6 Å². The summed E-state index contributed by atoms with van der Waals surface area (Å²) in [6.45, 7) is 13.7. The van der Waals surface area contributed by atoms with E-state index in [4.69, 9.17) is 42.6 Å². The molecule has 0 aromatic carbocycles. The second kappa shape index (κ2) is 32.9. The number of thioether (sulfide) groups is 1. The maximum absolute atomic E-state index is 12.2. The van der Waals surface area contributed by atoms with Gasteiger partial charge in [0.15, 0.2) is 6.29 Å². The van der Waals surface area contributed by atoms with Crippen LogP contribution in [0.15, 0.2) is 6.20 Å². The van der Waals surface area contributed by atoms with Gasteiger partial charge in [0.1, 0.15) is 41.1 Å². The number of ether oxygens (including phenoxy) is 9. The van der Waals surface area contributed by atoms with Gasteiger partial charge in [0, 0.05) is 62.7 Å². The normalized spacial score (nSPS) is 20.6. The number of hydrogen-bond donors (Lipinski definition) is 4. The van der Waals surface area contributed by atoms with Gasteiger partial charge in [-0.25, -0.2) is 4.68 Å². The number of carbonyl (C=O) groups excluding carboxylic acids is 4. The Balaban J connectivity index is 1.02. The first-order valence-corrected chi connectivity index (χ1v) is 24.1. The Labute approximate surface area is 388 Å². The lowest BCUT2D eigenvalue weighted by Crippen LogP contribution is -2.66. The van der Waals surface area contributed by atoms with Crippen molar-refractivity contribution < 1.29 is 72.0 Å². The van der Waals surface area contributed by atoms with E-state index in [2.05, 4.69) is 41.7 Å². The Morgan fingerprint density at radius 2 is 1.38 bits per heavy atom. The highest BCUT2D eigenvalue weighted by Gasteiger charge is 2.59. The number of carbonyl (C=O) groups is 4. The van der Waals surface area contributed by atoms with Crippen LogP contribution in [0, 0.1) is 0 Å². The van der Waals surface area contributed by atoms with Gasteiger partial charge in [-0.1, -0.05) is 38.8 Å². The van der Waals surface area contributed by atoms with Gasteiger partial charge in [0.25, 0.3) is 0 Å². The maximum atomic E-state index is 12.2. The number of hydrogen-bond acceptors (Lipinski definition) is 18. The van der Waals surface area contributed by atoms with E-state index in [1.54, 1.807) is 10.9 Å². The molecular formula is C44H77N5O15S. The average molecular weight is 948 g/mol. The molecule has 374 valence electrons. The molecule has 2 saturated heterocycles. The fourth-order valence-electron chi connectivity index (χ4n) is 6.74. The molecule has 5 atom stereocenters. The minimum absolute atomic E-state index is 0.00406. The van der Waals surface area contributed by atoms with Gasteiger partial charge in [0.05, 0.1) is 105 Å². The standard InChI is InChI=1S/C44H77N5O15S/c1-34(50)46-39-40(54)41(55)44(33-63-42(39)64-44)32-62-28-27-60-26-25-59-24-23-58-20-16-49-30-35(47-48-49)31-61-19-15-45-38(53)12-8-6-5-7-10-36(51)13-18-57-22-21-56-17-9-11-37(52)14-29-65-43(2,3)4/h30,39-42,54-55H,5-29,31-33H2,1-4H3,(H,45,53)(H,46,50)/t39-,40-,41-,42+,44+/m1/s1. The summed E-state index contributed by atoms with van der Waals surface area (Å²) in [4.78, 5) is 47.7.